The molecule has 1 aliphatic heterocycles. The second kappa shape index (κ2) is 6.63. The van der Waals surface area contributed by atoms with E-state index in [0.717, 1.165) is 12.1 Å². The molecule has 24 heavy (non-hydrogen) atoms. The molecule has 1 unspecified atom stereocenters. The molecular formula is C19H18N2O3. The van der Waals surface area contributed by atoms with Gasteiger partial charge in [-0.1, -0.05) is 18.2 Å². The first-order chi connectivity index (χ1) is 11.6. The van der Waals surface area contributed by atoms with Gasteiger partial charge in [0.1, 0.15) is 0 Å². The molecule has 0 N–H and O–H groups in total. The van der Waals surface area contributed by atoms with Gasteiger partial charge in [-0.05, 0) is 37.1 Å². The van der Waals surface area contributed by atoms with Crippen molar-refractivity contribution in [2.75, 3.05) is 18.6 Å². The molecule has 1 amide bonds. The van der Waals surface area contributed by atoms with E-state index < -0.39 is 6.10 Å². The largest absolute Gasteiger partial charge is 0.493 e. The number of carbonyl (C=O) groups excluding carboxylic acids is 1. The van der Waals surface area contributed by atoms with Crippen molar-refractivity contribution >= 4 is 11.6 Å². The standard InChI is InChI=1S/C19H18N2O3/c1-13(24-17-8-7-14(12-20)11-18(17)23-2)19(22)21-10-9-15-5-3-4-6-16(15)21/h3-8,11,13H,9-10H2,1-2H3. The SMILES string of the molecule is COc1cc(C#N)ccc1OC(C)C(=O)N1CCc2ccccc21. The second-order valence-corrected chi connectivity index (χ2v) is 5.61. The monoisotopic (exact) mass is 322 g/mol. The summed E-state index contributed by atoms with van der Waals surface area (Å²) in [7, 11) is 1.51. The van der Waals surface area contributed by atoms with E-state index in [-0.39, 0.29) is 5.91 Å². The second-order valence-electron chi connectivity index (χ2n) is 5.61. The fourth-order valence-electron chi connectivity index (χ4n) is 2.86. The number of para-hydroxylation sites is 1. The van der Waals surface area contributed by atoms with Crippen LogP contribution in [0.25, 0.3) is 0 Å². The lowest BCUT2D eigenvalue weighted by Crippen LogP contribution is -2.39. The molecule has 0 radical (unpaired) electrons. The Morgan fingerprint density at radius 2 is 2.04 bits per heavy atom. The van der Waals surface area contributed by atoms with Crippen molar-refractivity contribution in [1.29, 1.82) is 5.26 Å². The normalized spacial score (nSPS) is 13.8. The van der Waals surface area contributed by atoms with Gasteiger partial charge in [-0.25, -0.2) is 0 Å². The van der Waals surface area contributed by atoms with Crippen LogP contribution < -0.4 is 14.4 Å². The van der Waals surface area contributed by atoms with Crippen LogP contribution in [0.3, 0.4) is 0 Å². The first kappa shape index (κ1) is 15.9. The third-order valence-corrected chi connectivity index (χ3v) is 4.10. The van der Waals surface area contributed by atoms with Gasteiger partial charge >= 0.3 is 0 Å². The van der Waals surface area contributed by atoms with Crippen LogP contribution in [0.15, 0.2) is 42.5 Å². The van der Waals surface area contributed by atoms with Gasteiger partial charge in [-0.15, -0.1) is 0 Å². The van der Waals surface area contributed by atoms with Crippen molar-refractivity contribution in [2.24, 2.45) is 0 Å². The summed E-state index contributed by atoms with van der Waals surface area (Å²) in [5.41, 5.74) is 2.60. The van der Waals surface area contributed by atoms with Crippen LogP contribution in [-0.4, -0.2) is 25.7 Å². The molecule has 122 valence electrons. The van der Waals surface area contributed by atoms with Gasteiger partial charge < -0.3 is 14.4 Å². The van der Waals surface area contributed by atoms with Crippen molar-refractivity contribution in [3.63, 3.8) is 0 Å². The molecule has 5 nitrogen and oxygen atoms in total. The quantitative estimate of drug-likeness (QED) is 0.868. The van der Waals surface area contributed by atoms with Crippen LogP contribution >= 0.6 is 0 Å². The lowest BCUT2D eigenvalue weighted by molar-refractivity contribution is -0.124. The molecule has 0 bridgehead atoms. The van der Waals surface area contributed by atoms with Crippen molar-refractivity contribution in [2.45, 2.75) is 19.4 Å². The molecule has 1 aliphatic rings. The molecule has 0 spiro atoms. The minimum Gasteiger partial charge on any atom is -0.493 e. The lowest BCUT2D eigenvalue weighted by Gasteiger charge is -2.23. The number of hydrogen-bond acceptors (Lipinski definition) is 4. The minimum absolute atomic E-state index is 0.0913. The van der Waals surface area contributed by atoms with E-state index in [2.05, 4.69) is 6.07 Å². The van der Waals surface area contributed by atoms with Crippen LogP contribution in [0.4, 0.5) is 5.69 Å². The van der Waals surface area contributed by atoms with Gasteiger partial charge in [0.05, 0.1) is 18.7 Å². The Bertz CT molecular complexity index is 810. The molecule has 2 aromatic rings. The molecule has 5 heteroatoms. The Kier molecular flexibility index (Phi) is 4.39. The number of fused-ring (bicyclic) bond motifs is 1. The number of rotatable bonds is 4. The third kappa shape index (κ3) is 2.91. The minimum atomic E-state index is -0.655. The van der Waals surface area contributed by atoms with E-state index in [1.807, 2.05) is 24.3 Å². The number of methoxy groups -OCH3 is 1. The zero-order valence-corrected chi connectivity index (χ0v) is 13.7. The number of nitriles is 1. The average molecular weight is 322 g/mol. The molecule has 0 saturated heterocycles. The van der Waals surface area contributed by atoms with E-state index in [1.165, 1.54) is 12.7 Å². The highest BCUT2D eigenvalue weighted by molar-refractivity contribution is 5.98. The van der Waals surface area contributed by atoms with E-state index in [1.54, 1.807) is 30.0 Å². The molecule has 2 aromatic carbocycles. The van der Waals surface area contributed by atoms with Gasteiger partial charge in [0, 0.05) is 18.3 Å². The highest BCUT2D eigenvalue weighted by Crippen LogP contribution is 2.31. The third-order valence-electron chi connectivity index (χ3n) is 4.10. The predicted octanol–water partition coefficient (Wildman–Crippen LogP) is 2.92. The van der Waals surface area contributed by atoms with Gasteiger partial charge in [0.2, 0.25) is 0 Å². The topological polar surface area (TPSA) is 62.6 Å². The molecule has 3 rings (SSSR count). The molecule has 1 heterocycles. The van der Waals surface area contributed by atoms with Crippen LogP contribution in [0.2, 0.25) is 0 Å². The van der Waals surface area contributed by atoms with Crippen LogP contribution in [0.1, 0.15) is 18.1 Å². The summed E-state index contributed by atoms with van der Waals surface area (Å²) in [6, 6.07) is 14.8. The van der Waals surface area contributed by atoms with Crippen LogP contribution in [-0.2, 0) is 11.2 Å². The fourth-order valence-corrected chi connectivity index (χ4v) is 2.86. The van der Waals surface area contributed by atoms with Crippen molar-refractivity contribution in [3.8, 4) is 17.6 Å². The smallest absolute Gasteiger partial charge is 0.267 e. The predicted molar refractivity (Wildman–Crippen MR) is 90.3 cm³/mol. The highest BCUT2D eigenvalue weighted by Gasteiger charge is 2.29. The summed E-state index contributed by atoms with van der Waals surface area (Å²) < 4.78 is 11.0. The number of nitrogens with zero attached hydrogens (tertiary/aromatic N) is 2. The van der Waals surface area contributed by atoms with Gasteiger partial charge in [-0.3, -0.25) is 4.79 Å². The summed E-state index contributed by atoms with van der Waals surface area (Å²) in [5.74, 6) is 0.798. The van der Waals surface area contributed by atoms with Crippen LogP contribution in [0.5, 0.6) is 11.5 Å². The number of anilines is 1. The Morgan fingerprint density at radius 3 is 2.79 bits per heavy atom. The van der Waals surface area contributed by atoms with Gasteiger partial charge in [0.25, 0.3) is 5.91 Å². The zero-order chi connectivity index (χ0) is 17.1. The maximum absolute atomic E-state index is 12.7. The van der Waals surface area contributed by atoms with E-state index >= 15 is 0 Å². The number of amides is 1. The molecule has 0 saturated carbocycles. The molecular weight excluding hydrogens is 304 g/mol. The first-order valence-electron chi connectivity index (χ1n) is 7.78. The summed E-state index contributed by atoms with van der Waals surface area (Å²) in [6.45, 7) is 2.39. The Hall–Kier alpha value is -3.00. The molecule has 0 aliphatic carbocycles. The average Bonchev–Trinajstić information content (AvgIpc) is 3.05. The van der Waals surface area contributed by atoms with Crippen molar-refractivity contribution < 1.29 is 14.3 Å². The summed E-state index contributed by atoms with van der Waals surface area (Å²) >= 11 is 0. The van der Waals surface area contributed by atoms with E-state index in [0.29, 0.717) is 23.6 Å². The van der Waals surface area contributed by atoms with E-state index in [4.69, 9.17) is 14.7 Å². The number of hydrogen-bond donors (Lipinski definition) is 0. The van der Waals surface area contributed by atoms with Crippen molar-refractivity contribution in [3.05, 3.63) is 53.6 Å². The number of ether oxygens (including phenoxy) is 2. The summed E-state index contributed by atoms with van der Waals surface area (Å²) in [6.07, 6.45) is 0.201. The molecule has 0 aromatic heterocycles. The zero-order valence-electron chi connectivity index (χ0n) is 13.7. The summed E-state index contributed by atoms with van der Waals surface area (Å²) in [5, 5.41) is 8.95. The number of benzene rings is 2. The molecule has 1 atom stereocenters. The number of carbonyl (C=O) groups is 1. The Balaban J connectivity index is 1.77. The Labute approximate surface area is 141 Å². The molecule has 0 fully saturated rings. The maximum atomic E-state index is 12.7. The lowest BCUT2D eigenvalue weighted by atomic mass is 10.2. The fraction of sp³-hybridized carbons (Fsp3) is 0.263. The highest BCUT2D eigenvalue weighted by atomic mass is 16.5. The van der Waals surface area contributed by atoms with E-state index in [9.17, 15) is 4.79 Å². The first-order valence-corrected chi connectivity index (χ1v) is 7.78. The van der Waals surface area contributed by atoms with Crippen LogP contribution in [0, 0.1) is 11.3 Å². The van der Waals surface area contributed by atoms with Gasteiger partial charge in [0.15, 0.2) is 17.6 Å². The van der Waals surface area contributed by atoms with Gasteiger partial charge in [-0.2, -0.15) is 5.26 Å². The van der Waals surface area contributed by atoms with Crippen molar-refractivity contribution in [1.82, 2.24) is 0 Å². The maximum Gasteiger partial charge on any atom is 0.267 e. The Morgan fingerprint density at radius 1 is 1.25 bits per heavy atom. The summed E-state index contributed by atoms with van der Waals surface area (Å²) in [4.78, 5) is 14.5.